The molecule has 2 aliphatic rings. The number of hydrogen-bond donors (Lipinski definition) is 4. The summed E-state index contributed by atoms with van der Waals surface area (Å²) in [5, 5.41) is 12.8. The van der Waals surface area contributed by atoms with Gasteiger partial charge in [0, 0.05) is 63.9 Å². The van der Waals surface area contributed by atoms with E-state index in [2.05, 4.69) is 43.4 Å². The Morgan fingerprint density at radius 2 is 1.81 bits per heavy atom. The van der Waals surface area contributed by atoms with E-state index in [1.165, 1.54) is 10.5 Å². The molecule has 216 valence electrons. The monoisotopic (exact) mass is 589 g/mol. The molecule has 0 spiro atoms. The van der Waals surface area contributed by atoms with E-state index in [-0.39, 0.29) is 18.4 Å². The number of pyridine rings is 1. The fourth-order valence-electron chi connectivity index (χ4n) is 4.89. The van der Waals surface area contributed by atoms with Crippen LogP contribution in [0.2, 0.25) is 0 Å². The van der Waals surface area contributed by atoms with Gasteiger partial charge < -0.3 is 21.3 Å². The van der Waals surface area contributed by atoms with E-state index in [4.69, 9.17) is 0 Å². The Labute approximate surface area is 254 Å². The van der Waals surface area contributed by atoms with Gasteiger partial charge in [0.25, 0.3) is 5.91 Å². The minimum Gasteiger partial charge on any atom is -0.344 e. The zero-order valence-electron chi connectivity index (χ0n) is 23.8. The van der Waals surface area contributed by atoms with Gasteiger partial charge in [0.2, 0.25) is 11.7 Å². The van der Waals surface area contributed by atoms with Crippen LogP contribution in [0.25, 0.3) is 5.70 Å². The molecule has 3 heterocycles. The van der Waals surface area contributed by atoms with Gasteiger partial charge in [-0.25, -0.2) is 9.30 Å². The molecule has 3 aromatic carbocycles. The average Bonchev–Trinajstić information content (AvgIpc) is 3.41. The van der Waals surface area contributed by atoms with Crippen LogP contribution in [0, 0.1) is 6.92 Å². The Bertz CT molecular complexity index is 1700. The summed E-state index contributed by atoms with van der Waals surface area (Å²) >= 11 is 1.59. The lowest BCUT2D eigenvalue weighted by Crippen LogP contribution is -2.48. The number of carbonyl (C=O) groups excluding carboxylic acids is 2. The lowest BCUT2D eigenvalue weighted by atomic mass is 10.1. The predicted octanol–water partition coefficient (Wildman–Crippen LogP) is 5.90. The Balaban J connectivity index is 1.05. The molecule has 9 nitrogen and oxygen atoms in total. The third-order valence-electron chi connectivity index (χ3n) is 7.10. The number of nitrogens with one attached hydrogen (secondary N) is 4. The first kappa shape index (κ1) is 28.2. The van der Waals surface area contributed by atoms with Crippen LogP contribution in [-0.4, -0.2) is 39.6 Å². The van der Waals surface area contributed by atoms with E-state index in [1.54, 1.807) is 54.8 Å². The predicted molar refractivity (Wildman–Crippen MR) is 173 cm³/mol. The fraction of sp³-hybridized carbons (Fsp3) is 0.152. The van der Waals surface area contributed by atoms with E-state index in [9.17, 15) is 9.59 Å². The summed E-state index contributed by atoms with van der Waals surface area (Å²) in [4.78, 5) is 35.7. The van der Waals surface area contributed by atoms with Crippen molar-refractivity contribution in [1.29, 1.82) is 0 Å². The van der Waals surface area contributed by atoms with E-state index in [0.29, 0.717) is 16.9 Å². The van der Waals surface area contributed by atoms with Crippen molar-refractivity contribution in [3.8, 4) is 0 Å². The van der Waals surface area contributed by atoms with Gasteiger partial charge >= 0.3 is 0 Å². The summed E-state index contributed by atoms with van der Waals surface area (Å²) < 4.78 is 2.03. The lowest BCUT2D eigenvalue weighted by Gasteiger charge is -2.33. The first-order valence-electron chi connectivity index (χ1n) is 13.9. The van der Waals surface area contributed by atoms with Crippen molar-refractivity contribution in [3.63, 3.8) is 0 Å². The van der Waals surface area contributed by atoms with Crippen LogP contribution < -0.4 is 21.3 Å². The minimum atomic E-state index is -0.801. The molecule has 2 aliphatic heterocycles. The quantitative estimate of drug-likeness (QED) is 0.189. The van der Waals surface area contributed by atoms with Gasteiger partial charge in [-0.05, 0) is 97.6 Å². The summed E-state index contributed by atoms with van der Waals surface area (Å²) in [6, 6.07) is 24.6. The first-order chi connectivity index (χ1) is 20.8. The number of rotatable bonds is 8. The SMILES string of the molecule is Cc1ccc(NC(=O)c2ccc(NC(=O)CN3Cc4ccccc4S3)cc2)cc1NC1(C)N=CC=C(c2cccnc2)N1. The van der Waals surface area contributed by atoms with Crippen molar-refractivity contribution in [1.82, 2.24) is 14.6 Å². The number of amides is 2. The van der Waals surface area contributed by atoms with Crippen LogP contribution in [0.3, 0.4) is 0 Å². The molecule has 0 saturated heterocycles. The molecule has 4 aromatic rings. The molecule has 4 N–H and O–H groups in total. The zero-order chi connectivity index (χ0) is 29.8. The maximum Gasteiger partial charge on any atom is 0.255 e. The number of aliphatic imine (C=N–C) groups is 1. The molecular formula is C33H31N7O2S. The Morgan fingerprint density at radius 1 is 1.00 bits per heavy atom. The van der Waals surface area contributed by atoms with E-state index in [1.807, 2.05) is 66.7 Å². The molecular weight excluding hydrogens is 558 g/mol. The Morgan fingerprint density at radius 3 is 2.60 bits per heavy atom. The average molecular weight is 590 g/mol. The second kappa shape index (κ2) is 12.1. The van der Waals surface area contributed by atoms with Crippen molar-refractivity contribution in [2.24, 2.45) is 4.99 Å². The number of aromatic nitrogens is 1. The van der Waals surface area contributed by atoms with Gasteiger partial charge in [0.15, 0.2) is 0 Å². The second-order valence-electron chi connectivity index (χ2n) is 10.5. The highest BCUT2D eigenvalue weighted by atomic mass is 32.2. The van der Waals surface area contributed by atoms with Crippen molar-refractivity contribution < 1.29 is 9.59 Å². The number of hydrogen-bond acceptors (Lipinski definition) is 8. The minimum absolute atomic E-state index is 0.106. The molecule has 1 atom stereocenters. The maximum atomic E-state index is 13.1. The molecule has 43 heavy (non-hydrogen) atoms. The summed E-state index contributed by atoms with van der Waals surface area (Å²) in [6.07, 6.45) is 7.21. The van der Waals surface area contributed by atoms with Crippen LogP contribution in [0.15, 0.2) is 107 Å². The van der Waals surface area contributed by atoms with E-state index in [0.717, 1.165) is 29.1 Å². The summed E-state index contributed by atoms with van der Waals surface area (Å²) in [7, 11) is 0. The summed E-state index contributed by atoms with van der Waals surface area (Å²) in [5.74, 6) is -1.16. The third kappa shape index (κ3) is 6.77. The maximum absolute atomic E-state index is 13.1. The Hall–Kier alpha value is -4.93. The number of benzene rings is 3. The topological polar surface area (TPSA) is 111 Å². The van der Waals surface area contributed by atoms with Crippen molar-refractivity contribution in [3.05, 3.63) is 120 Å². The fourth-order valence-corrected chi connectivity index (χ4v) is 5.94. The van der Waals surface area contributed by atoms with Crippen LogP contribution >= 0.6 is 11.9 Å². The molecule has 0 saturated carbocycles. The number of allylic oxidation sites excluding steroid dienone is 1. The van der Waals surface area contributed by atoms with Crippen molar-refractivity contribution in [2.75, 3.05) is 22.5 Å². The van der Waals surface area contributed by atoms with Gasteiger partial charge in [0.1, 0.15) is 0 Å². The van der Waals surface area contributed by atoms with Crippen LogP contribution in [0.1, 0.15) is 34.0 Å². The Kier molecular flexibility index (Phi) is 7.95. The van der Waals surface area contributed by atoms with E-state index < -0.39 is 5.79 Å². The summed E-state index contributed by atoms with van der Waals surface area (Å²) in [6.45, 7) is 4.94. The molecule has 2 amide bonds. The molecule has 1 unspecified atom stereocenters. The first-order valence-corrected chi connectivity index (χ1v) is 14.7. The summed E-state index contributed by atoms with van der Waals surface area (Å²) in [5.41, 5.74) is 6.69. The van der Waals surface area contributed by atoms with Crippen molar-refractivity contribution >= 4 is 52.7 Å². The van der Waals surface area contributed by atoms with Gasteiger partial charge in [-0.15, -0.1) is 0 Å². The zero-order valence-corrected chi connectivity index (χ0v) is 24.6. The molecule has 6 rings (SSSR count). The van der Waals surface area contributed by atoms with Gasteiger partial charge in [-0.2, -0.15) is 0 Å². The lowest BCUT2D eigenvalue weighted by molar-refractivity contribution is -0.116. The number of aryl methyl sites for hydroxylation is 1. The molecule has 0 bridgehead atoms. The molecule has 10 heteroatoms. The van der Waals surface area contributed by atoms with Gasteiger partial charge in [-0.3, -0.25) is 14.6 Å². The number of nitrogens with zero attached hydrogens (tertiary/aromatic N) is 3. The van der Waals surface area contributed by atoms with Crippen LogP contribution in [0.5, 0.6) is 0 Å². The highest BCUT2D eigenvalue weighted by Crippen LogP contribution is 2.35. The largest absolute Gasteiger partial charge is 0.344 e. The number of fused-ring (bicyclic) bond motifs is 1. The second-order valence-corrected chi connectivity index (χ2v) is 11.7. The highest BCUT2D eigenvalue weighted by molar-refractivity contribution is 7.97. The van der Waals surface area contributed by atoms with E-state index >= 15 is 0 Å². The smallest absolute Gasteiger partial charge is 0.255 e. The molecule has 0 fully saturated rings. The third-order valence-corrected chi connectivity index (χ3v) is 8.21. The van der Waals surface area contributed by atoms with Crippen LogP contribution in [-0.2, 0) is 11.3 Å². The van der Waals surface area contributed by atoms with Gasteiger partial charge in [-0.1, -0.05) is 24.3 Å². The standard InChI is InChI=1S/C33H31N7O2S/c1-22-9-12-27(18-29(22)39-33(2)35-17-15-28(38-33)24-7-5-16-34-19-24)37-32(42)23-10-13-26(14-11-23)36-31(41)21-40-20-25-6-3-4-8-30(25)43-40/h3-19,38-39H,20-21H2,1-2H3,(H,36,41)(H,37,42). The highest BCUT2D eigenvalue weighted by Gasteiger charge is 2.26. The molecule has 1 aromatic heterocycles. The number of anilines is 3. The normalized spacial score (nSPS) is 17.4. The number of carbonyl (C=O) groups is 2. The van der Waals surface area contributed by atoms with Crippen molar-refractivity contribution in [2.45, 2.75) is 31.1 Å². The van der Waals surface area contributed by atoms with Crippen LogP contribution in [0.4, 0.5) is 17.1 Å². The van der Waals surface area contributed by atoms with Gasteiger partial charge in [0.05, 0.1) is 6.54 Å². The molecule has 0 radical (unpaired) electrons. The molecule has 0 aliphatic carbocycles.